The van der Waals surface area contributed by atoms with Gasteiger partial charge in [0.25, 0.3) is 5.91 Å². The van der Waals surface area contributed by atoms with Crippen LogP contribution in [-0.2, 0) is 16.9 Å². The van der Waals surface area contributed by atoms with Crippen LogP contribution in [0, 0.1) is 24.5 Å². The van der Waals surface area contributed by atoms with Gasteiger partial charge in [0.15, 0.2) is 16.8 Å². The third-order valence-corrected chi connectivity index (χ3v) is 7.75. The van der Waals surface area contributed by atoms with Crippen molar-refractivity contribution < 1.29 is 27.6 Å². The number of nitrogens with two attached hydrogens (primary N) is 1. The third kappa shape index (κ3) is 4.76. The predicted molar refractivity (Wildman–Crippen MR) is 131 cm³/mol. The van der Waals surface area contributed by atoms with Gasteiger partial charge < -0.3 is 25.0 Å². The van der Waals surface area contributed by atoms with E-state index in [1.807, 2.05) is 0 Å². The van der Waals surface area contributed by atoms with Gasteiger partial charge in [0.2, 0.25) is 5.88 Å². The van der Waals surface area contributed by atoms with E-state index in [1.54, 1.807) is 27.0 Å². The number of halogens is 2. The van der Waals surface area contributed by atoms with Crippen LogP contribution < -0.4 is 15.8 Å². The molecule has 3 N–H and O–H groups in total. The number of nitrogens with zero attached hydrogens (tertiary/aromatic N) is 4. The number of methoxy groups -OCH3 is 1. The highest BCUT2D eigenvalue weighted by atomic mass is 32.2. The lowest BCUT2D eigenvalue weighted by Gasteiger charge is -2.34. The van der Waals surface area contributed by atoms with Crippen LogP contribution in [0.2, 0.25) is 0 Å². The quantitative estimate of drug-likeness (QED) is 0.448. The van der Waals surface area contributed by atoms with Gasteiger partial charge in [-0.15, -0.1) is 0 Å². The summed E-state index contributed by atoms with van der Waals surface area (Å²) in [6.07, 6.45) is 3.18. The lowest BCUT2D eigenvalue weighted by molar-refractivity contribution is 0.102. The number of aromatic nitrogens is 3. The number of hydrogen-bond acceptors (Lipinski definition) is 10. The molecule has 10 nitrogen and oxygen atoms in total. The summed E-state index contributed by atoms with van der Waals surface area (Å²) in [5.74, 6) is -2.10. The number of benzene rings is 1. The molecule has 0 saturated heterocycles. The van der Waals surface area contributed by atoms with E-state index in [1.165, 1.54) is 30.2 Å². The molecule has 3 heterocycles. The van der Waals surface area contributed by atoms with E-state index >= 15 is 4.39 Å². The molecule has 0 bridgehead atoms. The molecule has 2 aliphatic rings. The van der Waals surface area contributed by atoms with Gasteiger partial charge in [-0.3, -0.25) is 9.79 Å². The van der Waals surface area contributed by atoms with Crippen LogP contribution in [0.1, 0.15) is 40.9 Å². The maximum absolute atomic E-state index is 15.1. The molecule has 3 aromatic rings. The molecule has 1 amide bonds. The van der Waals surface area contributed by atoms with Crippen molar-refractivity contribution in [3.63, 3.8) is 0 Å². The Bertz CT molecular complexity index is 1380. The highest BCUT2D eigenvalue weighted by Crippen LogP contribution is 2.66. The fraction of sp³-hybridized carbons (Fsp3) is 0.375. The molecule has 2 aromatic heterocycles. The minimum Gasteiger partial charge on any atom is -0.470 e. The molecule has 1 saturated carbocycles. The van der Waals surface area contributed by atoms with Gasteiger partial charge in [-0.1, -0.05) is 16.9 Å². The van der Waals surface area contributed by atoms with Crippen LogP contribution in [0.25, 0.3) is 0 Å². The van der Waals surface area contributed by atoms with Crippen LogP contribution in [0.4, 0.5) is 14.5 Å². The second-order valence-electron chi connectivity index (χ2n) is 9.19. The number of fused-ring (bicyclic) bond motifs is 1. The summed E-state index contributed by atoms with van der Waals surface area (Å²) in [6.45, 7) is 4.00. The lowest BCUT2D eigenvalue weighted by atomic mass is 9.85. The zero-order chi connectivity index (χ0) is 26.4. The number of rotatable bonds is 8. The average molecular weight is 531 g/mol. The number of aryl methyl sites for hydroxylation is 1. The number of amidine groups is 1. The average Bonchev–Trinajstić information content (AvgIpc) is 3.42. The van der Waals surface area contributed by atoms with E-state index in [9.17, 15) is 9.18 Å². The smallest absolute Gasteiger partial charge is 0.275 e. The van der Waals surface area contributed by atoms with E-state index in [4.69, 9.17) is 19.7 Å². The first-order valence-corrected chi connectivity index (χ1v) is 12.2. The first-order valence-electron chi connectivity index (χ1n) is 11.3. The first-order chi connectivity index (χ1) is 17.6. The Balaban J connectivity index is 1.33. The summed E-state index contributed by atoms with van der Waals surface area (Å²) in [7, 11) is 1.58. The fourth-order valence-electron chi connectivity index (χ4n) is 4.70. The number of carbonyl (C=O) groups excluding carboxylic acids is 1. The van der Waals surface area contributed by atoms with Crippen molar-refractivity contribution >= 4 is 28.5 Å². The number of ether oxygens (including phenoxy) is 2. The zero-order valence-corrected chi connectivity index (χ0v) is 21.1. The van der Waals surface area contributed by atoms with Crippen LogP contribution in [0.15, 0.2) is 40.1 Å². The number of amides is 1. The van der Waals surface area contributed by atoms with E-state index in [0.717, 1.165) is 6.07 Å². The summed E-state index contributed by atoms with van der Waals surface area (Å²) in [5.41, 5.74) is 5.54. The molecule has 1 aromatic carbocycles. The molecule has 0 radical (unpaired) electrons. The molecule has 1 fully saturated rings. The molecule has 3 atom stereocenters. The molecule has 1 aliphatic heterocycles. The van der Waals surface area contributed by atoms with E-state index in [2.05, 4.69) is 25.4 Å². The Morgan fingerprint density at radius 3 is 2.78 bits per heavy atom. The van der Waals surface area contributed by atoms with Crippen molar-refractivity contribution in [2.24, 2.45) is 16.6 Å². The van der Waals surface area contributed by atoms with Gasteiger partial charge in [-0.25, -0.2) is 18.7 Å². The van der Waals surface area contributed by atoms with Crippen molar-refractivity contribution in [3.8, 4) is 5.88 Å². The number of nitrogens with one attached hydrogen (secondary N) is 1. The largest absolute Gasteiger partial charge is 0.470 e. The number of carbonyl (C=O) groups is 1. The number of thioether (sulfide) groups is 1. The van der Waals surface area contributed by atoms with Crippen molar-refractivity contribution in [1.29, 1.82) is 0 Å². The Kier molecular flexibility index (Phi) is 6.36. The molecule has 0 spiro atoms. The van der Waals surface area contributed by atoms with Crippen molar-refractivity contribution in [1.82, 2.24) is 15.1 Å². The maximum Gasteiger partial charge on any atom is 0.275 e. The number of anilines is 1. The predicted octanol–water partition coefficient (Wildman–Crippen LogP) is 3.56. The Hall–Kier alpha value is -3.58. The molecule has 5 rings (SSSR count). The SMILES string of the molecule is COC[C@]12CC1[C@@](C)(c1cc(NC(=O)c3cnc(OCc4cc(C)on4)cn3)cc(F)c1F)N=C(N)S2. The molecule has 37 heavy (non-hydrogen) atoms. The third-order valence-electron chi connectivity index (χ3n) is 6.48. The van der Waals surface area contributed by atoms with Crippen LogP contribution in [0.3, 0.4) is 0 Å². The molecule has 1 unspecified atom stereocenters. The number of hydrogen-bond donors (Lipinski definition) is 2. The van der Waals surface area contributed by atoms with Gasteiger partial charge >= 0.3 is 0 Å². The van der Waals surface area contributed by atoms with Gasteiger partial charge in [0.1, 0.15) is 23.8 Å². The van der Waals surface area contributed by atoms with E-state index < -0.39 is 23.1 Å². The van der Waals surface area contributed by atoms with Crippen LogP contribution >= 0.6 is 11.8 Å². The molecular weight excluding hydrogens is 506 g/mol. The highest BCUT2D eigenvalue weighted by Gasteiger charge is 2.66. The van der Waals surface area contributed by atoms with Crippen molar-refractivity contribution in [3.05, 3.63) is 64.9 Å². The Labute approximate surface area is 215 Å². The minimum absolute atomic E-state index is 0.00644. The standard InChI is InChI=1S/C24H24F2N6O4S/c1-12-4-14(32-36-12)10-35-19-9-28-17(8-29-19)21(33)30-13-5-15(20(26)16(25)6-13)23(2)18-7-24(18,11-34-3)37-22(27)31-23/h4-6,8-9,18H,7,10-11H2,1-3H3,(H2,27,31)(H,30,33)/t18?,23-,24-/m1/s1. The van der Waals surface area contributed by atoms with Crippen molar-refractivity contribution in [2.45, 2.75) is 37.2 Å². The second kappa shape index (κ2) is 9.38. The van der Waals surface area contributed by atoms with E-state index in [-0.39, 0.29) is 45.3 Å². The first kappa shape index (κ1) is 25.1. The second-order valence-corrected chi connectivity index (χ2v) is 10.6. The van der Waals surface area contributed by atoms with Crippen LogP contribution in [-0.4, -0.2) is 44.7 Å². The van der Waals surface area contributed by atoms with Gasteiger partial charge in [0, 0.05) is 36.4 Å². The van der Waals surface area contributed by atoms with Crippen molar-refractivity contribution in [2.75, 3.05) is 19.0 Å². The molecule has 13 heteroatoms. The molecule has 194 valence electrons. The summed E-state index contributed by atoms with van der Waals surface area (Å²) in [4.78, 5) is 25.4. The van der Waals surface area contributed by atoms with Gasteiger partial charge in [-0.2, -0.15) is 0 Å². The van der Waals surface area contributed by atoms with Crippen LogP contribution in [0.5, 0.6) is 5.88 Å². The topological polar surface area (TPSA) is 138 Å². The molecular formula is C24H24F2N6O4S. The summed E-state index contributed by atoms with van der Waals surface area (Å²) >= 11 is 1.39. The van der Waals surface area contributed by atoms with E-state index in [0.29, 0.717) is 24.5 Å². The van der Waals surface area contributed by atoms with Gasteiger partial charge in [-0.05, 0) is 26.3 Å². The summed E-state index contributed by atoms with van der Waals surface area (Å²) < 4.78 is 45.2. The highest BCUT2D eigenvalue weighted by molar-refractivity contribution is 8.15. The fourth-order valence-corrected chi connectivity index (χ4v) is 6.15. The maximum atomic E-state index is 15.1. The molecule has 1 aliphatic carbocycles. The Morgan fingerprint density at radius 2 is 2.11 bits per heavy atom. The lowest BCUT2D eigenvalue weighted by Crippen LogP contribution is -2.38. The summed E-state index contributed by atoms with van der Waals surface area (Å²) in [5, 5.41) is 6.65. The normalized spacial score (nSPS) is 24.2. The zero-order valence-electron chi connectivity index (χ0n) is 20.2. The van der Waals surface area contributed by atoms with Gasteiger partial charge in [0.05, 0.1) is 29.3 Å². The minimum atomic E-state index is -1.12. The number of aliphatic imine (C=N–C) groups is 1. The monoisotopic (exact) mass is 530 g/mol. The Morgan fingerprint density at radius 1 is 1.30 bits per heavy atom. The summed E-state index contributed by atoms with van der Waals surface area (Å²) in [6, 6.07) is 4.01.